The Labute approximate surface area is 98.9 Å². The number of benzene rings is 1. The number of hydrogen-bond donors (Lipinski definition) is 2. The van der Waals surface area contributed by atoms with Crippen LogP contribution in [0, 0.1) is 6.92 Å². The highest BCUT2D eigenvalue weighted by Gasteiger charge is 2.17. The van der Waals surface area contributed by atoms with E-state index in [1.807, 2.05) is 18.2 Å². The monoisotopic (exact) mass is 238 g/mol. The van der Waals surface area contributed by atoms with Gasteiger partial charge in [0.2, 0.25) is 0 Å². The SMILES string of the molecule is Cc1cc(N)ccc1NC1CCS(=O)CC1. The van der Waals surface area contributed by atoms with Gasteiger partial charge in [0.05, 0.1) is 0 Å². The molecule has 0 aromatic heterocycles. The highest BCUT2D eigenvalue weighted by Crippen LogP contribution is 2.21. The quantitative estimate of drug-likeness (QED) is 0.774. The van der Waals surface area contributed by atoms with Crippen molar-refractivity contribution in [2.75, 3.05) is 22.6 Å². The molecule has 2 rings (SSSR count). The number of anilines is 2. The Balaban J connectivity index is 2.01. The number of nitrogens with one attached hydrogen (secondary N) is 1. The van der Waals surface area contributed by atoms with Crippen LogP contribution in [0.2, 0.25) is 0 Å². The smallest absolute Gasteiger partial charge is 0.0373 e. The standard InChI is InChI=1S/C12H18N2OS/c1-9-8-10(13)2-3-12(9)14-11-4-6-16(15)7-5-11/h2-3,8,11,14H,4-7,13H2,1H3. The first-order valence-electron chi connectivity index (χ1n) is 5.63. The summed E-state index contributed by atoms with van der Waals surface area (Å²) >= 11 is 0. The number of nitrogens with two attached hydrogens (primary N) is 1. The lowest BCUT2D eigenvalue weighted by atomic mass is 10.1. The van der Waals surface area contributed by atoms with Gasteiger partial charge in [-0.2, -0.15) is 0 Å². The highest BCUT2D eigenvalue weighted by atomic mass is 32.2. The minimum absolute atomic E-state index is 0.458. The molecule has 88 valence electrons. The van der Waals surface area contributed by atoms with E-state index in [2.05, 4.69) is 12.2 Å². The first-order valence-corrected chi connectivity index (χ1v) is 7.11. The maximum atomic E-state index is 11.2. The van der Waals surface area contributed by atoms with E-state index >= 15 is 0 Å². The average molecular weight is 238 g/mol. The van der Waals surface area contributed by atoms with Crippen LogP contribution < -0.4 is 11.1 Å². The summed E-state index contributed by atoms with van der Waals surface area (Å²) in [5, 5.41) is 3.51. The van der Waals surface area contributed by atoms with Crippen molar-refractivity contribution < 1.29 is 4.21 Å². The van der Waals surface area contributed by atoms with Crippen molar-refractivity contribution in [3.05, 3.63) is 23.8 Å². The van der Waals surface area contributed by atoms with Crippen LogP contribution in [0.5, 0.6) is 0 Å². The zero-order valence-corrected chi connectivity index (χ0v) is 10.3. The van der Waals surface area contributed by atoms with Gasteiger partial charge in [-0.25, -0.2) is 0 Å². The lowest BCUT2D eigenvalue weighted by Gasteiger charge is -2.24. The van der Waals surface area contributed by atoms with Crippen LogP contribution in [0.25, 0.3) is 0 Å². The summed E-state index contributed by atoms with van der Waals surface area (Å²) < 4.78 is 11.2. The fourth-order valence-electron chi connectivity index (χ4n) is 2.01. The molecule has 0 amide bonds. The second-order valence-corrected chi connectivity index (χ2v) is 6.04. The summed E-state index contributed by atoms with van der Waals surface area (Å²) in [6.07, 6.45) is 1.99. The second kappa shape index (κ2) is 4.87. The van der Waals surface area contributed by atoms with Gasteiger partial charge in [-0.3, -0.25) is 4.21 Å². The van der Waals surface area contributed by atoms with E-state index in [4.69, 9.17) is 5.73 Å². The molecule has 1 aromatic rings. The molecule has 0 saturated carbocycles. The van der Waals surface area contributed by atoms with Gasteiger partial charge >= 0.3 is 0 Å². The summed E-state index contributed by atoms with van der Waals surface area (Å²) in [6, 6.07) is 6.37. The zero-order chi connectivity index (χ0) is 11.5. The Morgan fingerprint density at radius 1 is 1.38 bits per heavy atom. The molecule has 1 aromatic carbocycles. The van der Waals surface area contributed by atoms with Crippen molar-refractivity contribution in [2.24, 2.45) is 0 Å². The molecule has 0 unspecified atom stereocenters. The van der Waals surface area contributed by atoms with Gasteiger partial charge in [-0.1, -0.05) is 0 Å². The Kier molecular flexibility index (Phi) is 3.49. The minimum atomic E-state index is -0.588. The van der Waals surface area contributed by atoms with Crippen LogP contribution in [0.1, 0.15) is 18.4 Å². The van der Waals surface area contributed by atoms with E-state index in [9.17, 15) is 4.21 Å². The van der Waals surface area contributed by atoms with E-state index in [1.165, 1.54) is 5.56 Å². The molecule has 0 radical (unpaired) electrons. The normalized spacial score (nSPS) is 25.3. The molecule has 1 aliphatic rings. The number of aryl methyl sites for hydroxylation is 1. The third-order valence-corrected chi connectivity index (χ3v) is 4.38. The van der Waals surface area contributed by atoms with Gasteiger partial charge in [0.1, 0.15) is 0 Å². The van der Waals surface area contributed by atoms with Gasteiger partial charge in [0.25, 0.3) is 0 Å². The molecule has 16 heavy (non-hydrogen) atoms. The van der Waals surface area contributed by atoms with Crippen molar-refractivity contribution >= 4 is 22.2 Å². The second-order valence-electron chi connectivity index (χ2n) is 4.34. The summed E-state index contributed by atoms with van der Waals surface area (Å²) in [5.74, 6) is 1.65. The molecule has 3 nitrogen and oxygen atoms in total. The molecule has 0 bridgehead atoms. The Hall–Kier alpha value is -1.03. The van der Waals surface area contributed by atoms with Crippen molar-refractivity contribution in [1.29, 1.82) is 0 Å². The molecule has 0 atom stereocenters. The molecule has 0 aliphatic carbocycles. The molecular formula is C12H18N2OS. The predicted octanol–water partition coefficient (Wildman–Crippen LogP) is 1.90. The Bertz CT molecular complexity index is 396. The molecule has 1 aliphatic heterocycles. The number of hydrogen-bond acceptors (Lipinski definition) is 3. The lowest BCUT2D eigenvalue weighted by molar-refractivity contribution is 0.624. The van der Waals surface area contributed by atoms with Gasteiger partial charge in [0, 0.05) is 39.7 Å². The maximum Gasteiger partial charge on any atom is 0.0373 e. The van der Waals surface area contributed by atoms with E-state index < -0.39 is 10.8 Å². The van der Waals surface area contributed by atoms with Crippen LogP contribution in [0.3, 0.4) is 0 Å². The fraction of sp³-hybridized carbons (Fsp3) is 0.500. The van der Waals surface area contributed by atoms with Gasteiger partial charge < -0.3 is 11.1 Å². The van der Waals surface area contributed by atoms with Crippen molar-refractivity contribution in [3.63, 3.8) is 0 Å². The number of nitrogen functional groups attached to an aromatic ring is 1. The summed E-state index contributed by atoms with van der Waals surface area (Å²) in [7, 11) is -0.588. The average Bonchev–Trinajstić information content (AvgIpc) is 2.25. The summed E-state index contributed by atoms with van der Waals surface area (Å²) in [5.41, 5.74) is 8.83. The summed E-state index contributed by atoms with van der Waals surface area (Å²) in [4.78, 5) is 0. The highest BCUT2D eigenvalue weighted by molar-refractivity contribution is 7.85. The summed E-state index contributed by atoms with van der Waals surface area (Å²) in [6.45, 7) is 2.06. The minimum Gasteiger partial charge on any atom is -0.399 e. The van der Waals surface area contributed by atoms with Crippen LogP contribution in [-0.2, 0) is 10.8 Å². The molecule has 1 fully saturated rings. The Morgan fingerprint density at radius 3 is 2.69 bits per heavy atom. The zero-order valence-electron chi connectivity index (χ0n) is 9.53. The van der Waals surface area contributed by atoms with Crippen LogP contribution >= 0.6 is 0 Å². The Morgan fingerprint density at radius 2 is 2.06 bits per heavy atom. The molecule has 3 N–H and O–H groups in total. The third kappa shape index (κ3) is 2.76. The first-order chi connectivity index (χ1) is 7.65. The fourth-order valence-corrected chi connectivity index (χ4v) is 3.31. The third-order valence-electron chi connectivity index (χ3n) is 3.00. The van der Waals surface area contributed by atoms with Crippen LogP contribution in [0.15, 0.2) is 18.2 Å². The molecule has 0 spiro atoms. The maximum absolute atomic E-state index is 11.2. The molecule has 1 saturated heterocycles. The van der Waals surface area contributed by atoms with Crippen LogP contribution in [-0.4, -0.2) is 21.8 Å². The molecule has 4 heteroatoms. The van der Waals surface area contributed by atoms with Crippen LogP contribution in [0.4, 0.5) is 11.4 Å². The van der Waals surface area contributed by atoms with E-state index in [-0.39, 0.29) is 0 Å². The number of rotatable bonds is 2. The molecule has 1 heterocycles. The van der Waals surface area contributed by atoms with Crippen molar-refractivity contribution in [2.45, 2.75) is 25.8 Å². The first kappa shape index (κ1) is 11.5. The largest absolute Gasteiger partial charge is 0.399 e. The van der Waals surface area contributed by atoms with Gasteiger partial charge in [-0.15, -0.1) is 0 Å². The topological polar surface area (TPSA) is 55.1 Å². The van der Waals surface area contributed by atoms with E-state index in [0.29, 0.717) is 6.04 Å². The van der Waals surface area contributed by atoms with E-state index in [1.54, 1.807) is 0 Å². The van der Waals surface area contributed by atoms with Gasteiger partial charge in [0.15, 0.2) is 0 Å². The van der Waals surface area contributed by atoms with Gasteiger partial charge in [-0.05, 0) is 43.5 Å². The predicted molar refractivity (Wildman–Crippen MR) is 70.1 cm³/mol. The molecular weight excluding hydrogens is 220 g/mol. The lowest BCUT2D eigenvalue weighted by Crippen LogP contribution is -2.29. The van der Waals surface area contributed by atoms with Crippen molar-refractivity contribution in [3.8, 4) is 0 Å². The van der Waals surface area contributed by atoms with Crippen molar-refractivity contribution in [1.82, 2.24) is 0 Å². The van der Waals surface area contributed by atoms with E-state index in [0.717, 1.165) is 35.7 Å².